The zero-order valence-electron chi connectivity index (χ0n) is 8.74. The minimum atomic E-state index is 0.206. The van der Waals surface area contributed by atoms with Crippen LogP contribution in [0.4, 0.5) is 0 Å². The molecule has 17 heavy (non-hydrogen) atoms. The summed E-state index contributed by atoms with van der Waals surface area (Å²) in [5.74, 6) is 1.30. The Morgan fingerprint density at radius 1 is 1.53 bits per heavy atom. The van der Waals surface area contributed by atoms with E-state index in [4.69, 9.17) is 9.15 Å². The summed E-state index contributed by atoms with van der Waals surface area (Å²) in [5.41, 5.74) is 0.791. The average molecular weight is 408 g/mol. The summed E-state index contributed by atoms with van der Waals surface area (Å²) in [4.78, 5) is 14.6. The normalized spacial score (nSPS) is 10.3. The number of hydrogen-bond acceptors (Lipinski definition) is 4. The number of aromatic nitrogens is 1. The van der Waals surface area contributed by atoms with Gasteiger partial charge >= 0.3 is 0 Å². The number of carbonyl (C=O) groups is 1. The molecule has 88 valence electrons. The van der Waals surface area contributed by atoms with Crippen molar-refractivity contribution in [2.45, 2.75) is 0 Å². The van der Waals surface area contributed by atoms with Gasteiger partial charge in [0.25, 0.3) is 0 Å². The summed E-state index contributed by atoms with van der Waals surface area (Å²) < 4.78 is 12.3. The zero-order valence-corrected chi connectivity index (χ0v) is 12.5. The highest BCUT2D eigenvalue weighted by molar-refractivity contribution is 14.1. The summed E-state index contributed by atoms with van der Waals surface area (Å²) in [5, 5.41) is 0. The van der Waals surface area contributed by atoms with E-state index >= 15 is 0 Å². The van der Waals surface area contributed by atoms with Crippen molar-refractivity contribution in [3.63, 3.8) is 0 Å². The Morgan fingerprint density at radius 2 is 2.29 bits per heavy atom. The summed E-state index contributed by atoms with van der Waals surface area (Å²) in [7, 11) is 1.59. The van der Waals surface area contributed by atoms with Gasteiger partial charge in [-0.25, -0.2) is 4.98 Å². The topological polar surface area (TPSA) is 52.3 Å². The highest BCUT2D eigenvalue weighted by Gasteiger charge is 2.13. The molecule has 0 unspecified atom stereocenters. The van der Waals surface area contributed by atoms with Gasteiger partial charge in [0, 0.05) is 3.57 Å². The second-order valence-corrected chi connectivity index (χ2v) is 5.17. The highest BCUT2D eigenvalue weighted by Crippen LogP contribution is 2.34. The second-order valence-electron chi connectivity index (χ2n) is 3.15. The Hall–Kier alpha value is -0.890. The number of carbonyl (C=O) groups excluding carboxylic acids is 1. The van der Waals surface area contributed by atoms with Gasteiger partial charge in [-0.15, -0.1) is 0 Å². The number of nitrogens with zero attached hydrogens (tertiary/aromatic N) is 1. The van der Waals surface area contributed by atoms with Gasteiger partial charge in [-0.3, -0.25) is 4.79 Å². The molecular weight excluding hydrogens is 401 g/mol. The van der Waals surface area contributed by atoms with Crippen LogP contribution in [0.5, 0.6) is 5.75 Å². The average Bonchev–Trinajstić information content (AvgIpc) is 2.78. The first kappa shape index (κ1) is 12.6. The third-order valence-corrected chi connectivity index (χ3v) is 3.62. The van der Waals surface area contributed by atoms with E-state index < -0.39 is 0 Å². The molecule has 0 N–H and O–H groups in total. The first-order valence-corrected chi connectivity index (χ1v) is 6.47. The molecule has 0 aliphatic rings. The van der Waals surface area contributed by atoms with Gasteiger partial charge in [0.1, 0.15) is 5.75 Å². The molecule has 0 fully saturated rings. The fraction of sp³-hybridized carbons (Fsp3) is 0.0909. The van der Waals surface area contributed by atoms with Crippen LogP contribution >= 0.6 is 38.5 Å². The van der Waals surface area contributed by atoms with E-state index in [1.54, 1.807) is 7.11 Å². The lowest BCUT2D eigenvalue weighted by Gasteiger charge is -2.06. The standard InChI is InChI=1S/C11H7BrINO3/c1-16-10-2-7(9(13)3-8(10)12)11-14-4-6(5-15)17-11/h2-5H,1H3. The summed E-state index contributed by atoms with van der Waals surface area (Å²) >= 11 is 5.57. The van der Waals surface area contributed by atoms with Crippen molar-refractivity contribution in [1.82, 2.24) is 4.98 Å². The number of benzene rings is 1. The first-order chi connectivity index (χ1) is 8.15. The molecule has 0 bridgehead atoms. The molecule has 2 rings (SSSR count). The van der Waals surface area contributed by atoms with Crippen LogP contribution in [0, 0.1) is 3.57 Å². The molecule has 0 saturated heterocycles. The van der Waals surface area contributed by atoms with Crippen molar-refractivity contribution in [2.75, 3.05) is 7.11 Å². The van der Waals surface area contributed by atoms with E-state index in [1.165, 1.54) is 6.20 Å². The van der Waals surface area contributed by atoms with Crippen molar-refractivity contribution in [2.24, 2.45) is 0 Å². The summed E-state index contributed by atoms with van der Waals surface area (Å²) in [6.45, 7) is 0. The van der Waals surface area contributed by atoms with Crippen LogP contribution in [-0.2, 0) is 0 Å². The van der Waals surface area contributed by atoms with E-state index in [2.05, 4.69) is 43.5 Å². The number of methoxy groups -OCH3 is 1. The van der Waals surface area contributed by atoms with Crippen LogP contribution in [0.15, 0.2) is 27.2 Å². The SMILES string of the molecule is COc1cc(-c2ncc(C=O)o2)c(I)cc1Br. The van der Waals surface area contributed by atoms with E-state index in [1.807, 2.05) is 12.1 Å². The Bertz CT molecular complexity index is 568. The van der Waals surface area contributed by atoms with Crippen LogP contribution in [0.2, 0.25) is 0 Å². The van der Waals surface area contributed by atoms with Gasteiger partial charge in [0.2, 0.25) is 5.89 Å². The third-order valence-electron chi connectivity index (χ3n) is 2.11. The predicted octanol–water partition coefficient (Wildman–Crippen LogP) is 3.53. The molecule has 0 radical (unpaired) electrons. The predicted molar refractivity (Wildman–Crippen MR) is 74.3 cm³/mol. The molecule has 0 aliphatic heterocycles. The fourth-order valence-electron chi connectivity index (χ4n) is 1.32. The minimum Gasteiger partial charge on any atom is -0.496 e. The molecular formula is C11H7BrINO3. The molecule has 0 saturated carbocycles. The van der Waals surface area contributed by atoms with E-state index in [0.717, 1.165) is 13.6 Å². The summed E-state index contributed by atoms with van der Waals surface area (Å²) in [6, 6.07) is 3.71. The van der Waals surface area contributed by atoms with E-state index in [-0.39, 0.29) is 5.76 Å². The van der Waals surface area contributed by atoms with Crippen LogP contribution in [-0.4, -0.2) is 18.4 Å². The maximum absolute atomic E-state index is 10.5. The van der Waals surface area contributed by atoms with Crippen molar-refractivity contribution < 1.29 is 13.9 Å². The lowest BCUT2D eigenvalue weighted by atomic mass is 10.2. The molecule has 0 atom stereocenters. The lowest BCUT2D eigenvalue weighted by molar-refractivity contribution is 0.110. The second kappa shape index (κ2) is 5.18. The molecule has 0 spiro atoms. The van der Waals surface area contributed by atoms with Gasteiger partial charge < -0.3 is 9.15 Å². The largest absolute Gasteiger partial charge is 0.496 e. The number of halogens is 2. The van der Waals surface area contributed by atoms with E-state index in [0.29, 0.717) is 17.9 Å². The lowest BCUT2D eigenvalue weighted by Crippen LogP contribution is -1.89. The number of rotatable bonds is 3. The van der Waals surface area contributed by atoms with Crippen molar-refractivity contribution in [3.05, 3.63) is 32.1 Å². The molecule has 0 amide bonds. The molecule has 6 heteroatoms. The monoisotopic (exact) mass is 407 g/mol. The maximum atomic E-state index is 10.5. The highest BCUT2D eigenvalue weighted by atomic mass is 127. The molecule has 0 aliphatic carbocycles. The fourth-order valence-corrected chi connectivity index (χ4v) is 2.95. The Morgan fingerprint density at radius 3 is 2.88 bits per heavy atom. The van der Waals surface area contributed by atoms with E-state index in [9.17, 15) is 4.79 Å². The van der Waals surface area contributed by atoms with Crippen molar-refractivity contribution in [3.8, 4) is 17.2 Å². The van der Waals surface area contributed by atoms with Gasteiger partial charge in [-0.1, -0.05) is 0 Å². The Labute approximate surface area is 120 Å². The first-order valence-electron chi connectivity index (χ1n) is 4.60. The number of oxazole rings is 1. The Balaban J connectivity index is 2.54. The maximum Gasteiger partial charge on any atom is 0.228 e. The minimum absolute atomic E-state index is 0.206. The van der Waals surface area contributed by atoms with Gasteiger partial charge in [-0.05, 0) is 50.7 Å². The van der Waals surface area contributed by atoms with Gasteiger partial charge in [-0.2, -0.15) is 0 Å². The van der Waals surface area contributed by atoms with Crippen molar-refractivity contribution >= 4 is 44.8 Å². The Kier molecular flexibility index (Phi) is 3.82. The van der Waals surface area contributed by atoms with Gasteiger partial charge in [0.15, 0.2) is 12.0 Å². The molecule has 1 aromatic carbocycles. The number of hydrogen-bond donors (Lipinski definition) is 0. The molecule has 4 nitrogen and oxygen atoms in total. The zero-order chi connectivity index (χ0) is 12.4. The van der Waals surface area contributed by atoms with Crippen LogP contribution in [0.25, 0.3) is 11.5 Å². The van der Waals surface area contributed by atoms with Crippen LogP contribution in [0.1, 0.15) is 10.6 Å². The van der Waals surface area contributed by atoms with Crippen LogP contribution < -0.4 is 4.74 Å². The third kappa shape index (κ3) is 2.52. The van der Waals surface area contributed by atoms with Crippen molar-refractivity contribution in [1.29, 1.82) is 0 Å². The van der Waals surface area contributed by atoms with Crippen LogP contribution in [0.3, 0.4) is 0 Å². The number of ether oxygens (including phenoxy) is 1. The summed E-state index contributed by atoms with van der Waals surface area (Å²) in [6.07, 6.45) is 2.02. The molecule has 1 aromatic heterocycles. The quantitative estimate of drug-likeness (QED) is 0.577. The van der Waals surface area contributed by atoms with Gasteiger partial charge in [0.05, 0.1) is 23.3 Å². The molecule has 1 heterocycles. The number of aldehydes is 1. The smallest absolute Gasteiger partial charge is 0.228 e. The molecule has 2 aromatic rings.